The predicted octanol–water partition coefficient (Wildman–Crippen LogP) is 3.34. The van der Waals surface area contributed by atoms with E-state index in [0.717, 1.165) is 43.5 Å². The summed E-state index contributed by atoms with van der Waals surface area (Å²) in [6, 6.07) is 7.69. The van der Waals surface area contributed by atoms with E-state index in [1.807, 2.05) is 31.2 Å². The van der Waals surface area contributed by atoms with E-state index in [1.54, 1.807) is 6.20 Å². The van der Waals surface area contributed by atoms with Crippen molar-refractivity contribution in [3.8, 4) is 0 Å². The topological polar surface area (TPSA) is 58.8 Å². The van der Waals surface area contributed by atoms with Gasteiger partial charge in [-0.1, -0.05) is 12.1 Å². The van der Waals surface area contributed by atoms with Gasteiger partial charge in [0.05, 0.1) is 24.7 Å². The van der Waals surface area contributed by atoms with Gasteiger partial charge in [-0.15, -0.1) is 0 Å². The van der Waals surface area contributed by atoms with Crippen LogP contribution in [0.1, 0.15) is 26.2 Å². The van der Waals surface area contributed by atoms with E-state index in [-0.39, 0.29) is 11.9 Å². The number of ketones is 1. The predicted molar refractivity (Wildman–Crippen MR) is 110 cm³/mol. The van der Waals surface area contributed by atoms with Crippen molar-refractivity contribution in [2.24, 2.45) is 5.92 Å². The Morgan fingerprint density at radius 1 is 1.32 bits per heavy atom. The highest BCUT2D eigenvalue weighted by Gasteiger charge is 2.32. The number of carbonyl (C=O) groups excluding carboxylic acids is 1. The van der Waals surface area contributed by atoms with Crippen LogP contribution in [0, 0.1) is 12.5 Å². The molecule has 0 aliphatic carbocycles. The average Bonchev–Trinajstić information content (AvgIpc) is 2.73. The van der Waals surface area contributed by atoms with Crippen LogP contribution in [0.5, 0.6) is 0 Å². The van der Waals surface area contributed by atoms with E-state index in [2.05, 4.69) is 20.0 Å². The molecule has 0 amide bonds. The molecule has 2 aliphatic heterocycles. The maximum absolute atomic E-state index is 12.9. The van der Waals surface area contributed by atoms with Gasteiger partial charge in [-0.2, -0.15) is 0 Å². The molecular weight excluding hydrogens is 352 g/mol. The minimum Gasteiger partial charge on any atom is -0.365 e. The molecule has 6 nitrogen and oxygen atoms in total. The van der Waals surface area contributed by atoms with Crippen molar-refractivity contribution < 1.29 is 9.53 Å². The third-order valence-corrected chi connectivity index (χ3v) is 5.75. The molecule has 4 rings (SSSR count). The van der Waals surface area contributed by atoms with Gasteiger partial charge in [0.1, 0.15) is 6.10 Å². The number of fused-ring (bicyclic) bond motifs is 1. The van der Waals surface area contributed by atoms with E-state index in [1.165, 1.54) is 0 Å². The highest BCUT2D eigenvalue weighted by atomic mass is 16.5. The van der Waals surface area contributed by atoms with E-state index in [4.69, 9.17) is 11.3 Å². The summed E-state index contributed by atoms with van der Waals surface area (Å²) in [5.74, 6) is 0.676. The fourth-order valence-electron chi connectivity index (χ4n) is 4.34. The molecule has 1 aromatic heterocycles. The Labute approximate surface area is 165 Å². The first-order valence-electron chi connectivity index (χ1n) is 10.0. The molecule has 0 unspecified atom stereocenters. The summed E-state index contributed by atoms with van der Waals surface area (Å²) >= 11 is 0. The standard InChI is InChI=1S/C22H26N4O2/c1-15-13-26(14-21(28-15)20(27)12-16-7-10-24-11-8-16)19-6-5-18(23-2)22-17(19)4-3-9-25-22/h3-6,9,15-16,21,24H,7-8,10-14H2,1H3/t15-,21-/m1/s1. The molecule has 28 heavy (non-hydrogen) atoms. The van der Waals surface area contributed by atoms with E-state index < -0.39 is 6.10 Å². The molecule has 2 saturated heterocycles. The quantitative estimate of drug-likeness (QED) is 0.827. The fourth-order valence-corrected chi connectivity index (χ4v) is 4.34. The van der Waals surface area contributed by atoms with Crippen LogP contribution in [0.2, 0.25) is 0 Å². The second-order valence-corrected chi connectivity index (χ2v) is 7.82. The Bertz CT molecular complexity index is 901. The summed E-state index contributed by atoms with van der Waals surface area (Å²) in [5, 5.41) is 4.31. The Morgan fingerprint density at radius 2 is 2.14 bits per heavy atom. The normalized spacial score (nSPS) is 23.5. The largest absolute Gasteiger partial charge is 0.365 e. The van der Waals surface area contributed by atoms with Crippen molar-refractivity contribution >= 4 is 28.1 Å². The van der Waals surface area contributed by atoms with Gasteiger partial charge in [-0.05, 0) is 50.9 Å². The summed E-state index contributed by atoms with van der Waals surface area (Å²) in [5.41, 5.74) is 2.29. The second-order valence-electron chi connectivity index (χ2n) is 7.82. The molecule has 1 N–H and O–H groups in total. The zero-order valence-electron chi connectivity index (χ0n) is 16.2. The van der Waals surface area contributed by atoms with Crippen LogP contribution < -0.4 is 10.2 Å². The second kappa shape index (κ2) is 8.26. The van der Waals surface area contributed by atoms with Crippen molar-refractivity contribution in [2.45, 2.75) is 38.4 Å². The number of piperidine rings is 1. The molecule has 3 heterocycles. The van der Waals surface area contributed by atoms with E-state index in [0.29, 0.717) is 30.1 Å². The maximum atomic E-state index is 12.9. The number of Topliss-reactive ketones (excluding diaryl/α,β-unsaturated/α-hetero) is 1. The number of ether oxygens (including phenoxy) is 1. The van der Waals surface area contributed by atoms with Crippen LogP contribution in [-0.2, 0) is 9.53 Å². The average molecular weight is 378 g/mol. The number of nitrogens with one attached hydrogen (secondary N) is 1. The number of hydrogen-bond donors (Lipinski definition) is 1. The summed E-state index contributed by atoms with van der Waals surface area (Å²) in [4.78, 5) is 23.2. The summed E-state index contributed by atoms with van der Waals surface area (Å²) in [7, 11) is 0. The van der Waals surface area contributed by atoms with E-state index >= 15 is 0 Å². The van der Waals surface area contributed by atoms with Crippen molar-refractivity contribution in [1.29, 1.82) is 0 Å². The summed E-state index contributed by atoms with van der Waals surface area (Å²) in [6.07, 6.45) is 4.02. The molecule has 0 saturated carbocycles. The van der Waals surface area contributed by atoms with Crippen molar-refractivity contribution in [3.05, 3.63) is 41.9 Å². The molecule has 2 atom stereocenters. The lowest BCUT2D eigenvalue weighted by Gasteiger charge is -2.38. The lowest BCUT2D eigenvalue weighted by atomic mass is 9.90. The van der Waals surface area contributed by atoms with Crippen LogP contribution in [0.4, 0.5) is 11.4 Å². The van der Waals surface area contributed by atoms with Crippen LogP contribution in [0.3, 0.4) is 0 Å². The van der Waals surface area contributed by atoms with Gasteiger partial charge in [0.2, 0.25) is 5.69 Å². The number of morpholine rings is 1. The highest BCUT2D eigenvalue weighted by Crippen LogP contribution is 2.34. The molecule has 6 heteroatoms. The van der Waals surface area contributed by atoms with Gasteiger partial charge < -0.3 is 15.0 Å². The summed E-state index contributed by atoms with van der Waals surface area (Å²) in [6.45, 7) is 12.7. The first-order valence-corrected chi connectivity index (χ1v) is 10.0. The number of pyridine rings is 1. The lowest BCUT2D eigenvalue weighted by Crippen LogP contribution is -2.50. The van der Waals surface area contributed by atoms with Gasteiger partial charge in [0.25, 0.3) is 0 Å². The first kappa shape index (κ1) is 18.9. The Morgan fingerprint density at radius 3 is 2.93 bits per heavy atom. The highest BCUT2D eigenvalue weighted by molar-refractivity contribution is 6.00. The summed E-state index contributed by atoms with van der Waals surface area (Å²) < 4.78 is 6.03. The monoisotopic (exact) mass is 378 g/mol. The molecule has 2 aliphatic rings. The first-order chi connectivity index (χ1) is 13.7. The van der Waals surface area contributed by atoms with E-state index in [9.17, 15) is 4.79 Å². The third kappa shape index (κ3) is 3.87. The number of benzene rings is 1. The van der Waals surface area contributed by atoms with Crippen LogP contribution in [-0.4, -0.2) is 49.2 Å². The van der Waals surface area contributed by atoms with Crippen molar-refractivity contribution in [3.63, 3.8) is 0 Å². The van der Waals surface area contributed by atoms with Gasteiger partial charge in [0.15, 0.2) is 5.78 Å². The maximum Gasteiger partial charge on any atom is 0.213 e. The SMILES string of the molecule is [C-]#[N+]c1ccc(N2C[C@@H](C)O[C@@H](C(=O)CC3CCNCC3)C2)c2cccnc12. The molecule has 146 valence electrons. The molecule has 0 radical (unpaired) electrons. The molecule has 2 aromatic rings. The Kier molecular flexibility index (Phi) is 5.56. The number of nitrogens with zero attached hydrogens (tertiary/aromatic N) is 3. The molecule has 2 fully saturated rings. The smallest absolute Gasteiger partial charge is 0.213 e. The zero-order chi connectivity index (χ0) is 19.5. The van der Waals surface area contributed by atoms with Crippen molar-refractivity contribution in [2.75, 3.05) is 31.1 Å². The Hall–Kier alpha value is -2.49. The zero-order valence-corrected chi connectivity index (χ0v) is 16.2. The Balaban J connectivity index is 1.56. The third-order valence-electron chi connectivity index (χ3n) is 5.75. The number of rotatable bonds is 4. The van der Waals surface area contributed by atoms with Gasteiger partial charge >= 0.3 is 0 Å². The van der Waals surface area contributed by atoms with Gasteiger partial charge in [-0.25, -0.2) is 4.85 Å². The number of carbonyl (C=O) groups is 1. The molecule has 0 bridgehead atoms. The lowest BCUT2D eigenvalue weighted by molar-refractivity contribution is -0.136. The minimum absolute atomic E-state index is 0.0250. The van der Waals surface area contributed by atoms with Crippen molar-refractivity contribution in [1.82, 2.24) is 10.3 Å². The van der Waals surface area contributed by atoms with Gasteiger partial charge in [-0.3, -0.25) is 9.78 Å². The van der Waals surface area contributed by atoms with Crippen LogP contribution >= 0.6 is 0 Å². The molecule has 0 spiro atoms. The fraction of sp³-hybridized carbons (Fsp3) is 0.500. The molecular formula is C22H26N4O2. The molecule has 1 aromatic carbocycles. The minimum atomic E-state index is -0.397. The number of anilines is 1. The van der Waals surface area contributed by atoms with Crippen LogP contribution in [0.15, 0.2) is 30.5 Å². The number of hydrogen-bond acceptors (Lipinski definition) is 5. The van der Waals surface area contributed by atoms with Gasteiger partial charge in [0, 0.05) is 30.2 Å². The number of aromatic nitrogens is 1. The van der Waals surface area contributed by atoms with Crippen LogP contribution in [0.25, 0.3) is 15.7 Å².